The fourth-order valence-corrected chi connectivity index (χ4v) is 4.66. The lowest BCUT2D eigenvalue weighted by molar-refractivity contribution is 0.224. The molecule has 2 aliphatic rings. The molecule has 0 atom stereocenters. The Balaban J connectivity index is 1.57. The lowest BCUT2D eigenvalue weighted by Crippen LogP contribution is -2.51. The number of likely N-dealkylation sites (tertiary alicyclic amines) is 1. The van der Waals surface area contributed by atoms with Crippen molar-refractivity contribution in [3.05, 3.63) is 0 Å². The minimum atomic E-state index is 0.338. The summed E-state index contributed by atoms with van der Waals surface area (Å²) in [5.74, 6) is 2.29. The average Bonchev–Trinajstić information content (AvgIpc) is 2.54. The first-order valence-electron chi connectivity index (χ1n) is 9.43. The van der Waals surface area contributed by atoms with Gasteiger partial charge in [-0.15, -0.1) is 0 Å². The normalized spacial score (nSPS) is 23.1. The lowest BCUT2D eigenvalue weighted by atomic mass is 10.1. The zero-order valence-corrected chi connectivity index (χ0v) is 16.3. The van der Waals surface area contributed by atoms with Crippen LogP contribution in [0.3, 0.4) is 0 Å². The highest BCUT2D eigenvalue weighted by atomic mass is 32.2. The lowest BCUT2D eigenvalue weighted by Gasteiger charge is -2.39. The highest BCUT2D eigenvalue weighted by molar-refractivity contribution is 8.00. The van der Waals surface area contributed by atoms with Crippen molar-refractivity contribution in [2.75, 3.05) is 52.1 Å². The summed E-state index contributed by atoms with van der Waals surface area (Å²) >= 11 is 2.07. The summed E-state index contributed by atoms with van der Waals surface area (Å²) in [6, 6.07) is 0. The van der Waals surface area contributed by atoms with Gasteiger partial charge >= 0.3 is 0 Å². The van der Waals surface area contributed by atoms with E-state index in [9.17, 15) is 0 Å². The third kappa shape index (κ3) is 6.92. The van der Waals surface area contributed by atoms with Crippen molar-refractivity contribution < 1.29 is 0 Å². The van der Waals surface area contributed by atoms with Crippen LogP contribution in [-0.4, -0.2) is 72.6 Å². The van der Waals surface area contributed by atoms with Gasteiger partial charge in [-0.1, -0.05) is 12.8 Å². The van der Waals surface area contributed by atoms with Crippen LogP contribution in [0, 0.1) is 0 Å². The van der Waals surface area contributed by atoms with Gasteiger partial charge in [0.05, 0.1) is 0 Å². The molecule has 2 aliphatic heterocycles. The highest BCUT2D eigenvalue weighted by Gasteiger charge is 2.28. The topological polar surface area (TPSA) is 30.9 Å². The molecule has 2 fully saturated rings. The maximum absolute atomic E-state index is 4.48. The number of nitrogens with one attached hydrogen (secondary N) is 1. The summed E-state index contributed by atoms with van der Waals surface area (Å²) in [6.07, 6.45) is 8.16. The Morgan fingerprint density at radius 1 is 1.09 bits per heavy atom. The molecule has 5 heteroatoms. The third-order valence-electron chi connectivity index (χ3n) is 4.82. The van der Waals surface area contributed by atoms with E-state index in [1.54, 1.807) is 0 Å². The van der Waals surface area contributed by atoms with Crippen LogP contribution in [0.25, 0.3) is 0 Å². The maximum Gasteiger partial charge on any atom is 0.193 e. The summed E-state index contributed by atoms with van der Waals surface area (Å²) < 4.78 is 0.338. The zero-order valence-electron chi connectivity index (χ0n) is 15.4. The molecule has 0 aromatic heterocycles. The number of aliphatic imine (C=N–C) groups is 1. The largest absolute Gasteiger partial charge is 0.356 e. The number of piperidine rings is 1. The molecule has 2 heterocycles. The zero-order chi connectivity index (χ0) is 16.5. The number of guanidine groups is 1. The summed E-state index contributed by atoms with van der Waals surface area (Å²) in [4.78, 5) is 9.55. The molecule has 2 rings (SSSR count). The van der Waals surface area contributed by atoms with Gasteiger partial charge in [0, 0.05) is 37.2 Å². The monoisotopic (exact) mass is 340 g/mol. The molecule has 2 saturated heterocycles. The summed E-state index contributed by atoms with van der Waals surface area (Å²) in [5, 5.41) is 3.57. The first-order valence-corrected chi connectivity index (χ1v) is 10.4. The van der Waals surface area contributed by atoms with E-state index in [1.165, 1.54) is 63.9 Å². The van der Waals surface area contributed by atoms with Gasteiger partial charge in [-0.2, -0.15) is 11.8 Å². The van der Waals surface area contributed by atoms with Gasteiger partial charge in [0.2, 0.25) is 0 Å². The van der Waals surface area contributed by atoms with Crippen molar-refractivity contribution in [3.63, 3.8) is 0 Å². The molecule has 23 heavy (non-hydrogen) atoms. The van der Waals surface area contributed by atoms with Gasteiger partial charge in [-0.25, -0.2) is 0 Å². The number of thioether (sulfide) groups is 1. The minimum Gasteiger partial charge on any atom is -0.356 e. The predicted molar refractivity (Wildman–Crippen MR) is 104 cm³/mol. The molecule has 0 saturated carbocycles. The summed E-state index contributed by atoms with van der Waals surface area (Å²) in [6.45, 7) is 11.9. The van der Waals surface area contributed by atoms with E-state index in [4.69, 9.17) is 0 Å². The van der Waals surface area contributed by atoms with Crippen LogP contribution in [0.4, 0.5) is 0 Å². The Morgan fingerprint density at radius 2 is 1.87 bits per heavy atom. The molecule has 0 radical (unpaired) electrons. The van der Waals surface area contributed by atoms with Crippen molar-refractivity contribution in [1.82, 2.24) is 15.1 Å². The minimum absolute atomic E-state index is 0.338. The van der Waals surface area contributed by atoms with Gasteiger partial charge < -0.3 is 15.1 Å². The van der Waals surface area contributed by atoms with Crippen LogP contribution in [-0.2, 0) is 0 Å². The van der Waals surface area contributed by atoms with Crippen molar-refractivity contribution >= 4 is 17.7 Å². The number of nitrogens with zero attached hydrogens (tertiary/aromatic N) is 3. The van der Waals surface area contributed by atoms with Crippen molar-refractivity contribution in [3.8, 4) is 0 Å². The predicted octanol–water partition coefficient (Wildman–Crippen LogP) is 3.05. The first-order chi connectivity index (χ1) is 11.1. The smallest absolute Gasteiger partial charge is 0.193 e. The van der Waals surface area contributed by atoms with Gasteiger partial charge in [-0.3, -0.25) is 4.99 Å². The first kappa shape index (κ1) is 18.9. The van der Waals surface area contributed by atoms with Gasteiger partial charge in [0.1, 0.15) is 0 Å². The van der Waals surface area contributed by atoms with Crippen molar-refractivity contribution in [2.45, 2.75) is 57.1 Å². The molecule has 1 N–H and O–H groups in total. The molecule has 0 aromatic carbocycles. The van der Waals surface area contributed by atoms with E-state index in [0.717, 1.165) is 25.6 Å². The fourth-order valence-electron chi connectivity index (χ4n) is 3.55. The fraction of sp³-hybridized carbons (Fsp3) is 0.944. The van der Waals surface area contributed by atoms with E-state index in [0.29, 0.717) is 4.75 Å². The molecule has 0 aliphatic carbocycles. The standard InChI is InChI=1S/C18H36N4S/c1-18(2)16-22(14-15-23-18)17(19-3)20-10-6-4-7-11-21-12-8-5-9-13-21/h4-16H2,1-3H3,(H,19,20). The Hall–Kier alpha value is -0.420. The Morgan fingerprint density at radius 3 is 2.57 bits per heavy atom. The van der Waals surface area contributed by atoms with E-state index in [-0.39, 0.29) is 0 Å². The van der Waals surface area contributed by atoms with E-state index < -0.39 is 0 Å². The van der Waals surface area contributed by atoms with E-state index in [1.807, 2.05) is 7.05 Å². The molecule has 0 aromatic rings. The second-order valence-electron chi connectivity index (χ2n) is 7.47. The number of hydrogen-bond donors (Lipinski definition) is 1. The quantitative estimate of drug-likeness (QED) is 0.457. The molecular weight excluding hydrogens is 304 g/mol. The SMILES string of the molecule is CN=C(NCCCCCN1CCCCC1)N1CCSC(C)(C)C1. The van der Waals surface area contributed by atoms with Crippen LogP contribution < -0.4 is 5.32 Å². The molecule has 4 nitrogen and oxygen atoms in total. The molecular formula is C18H36N4S. The van der Waals surface area contributed by atoms with Crippen LogP contribution in [0.15, 0.2) is 4.99 Å². The maximum atomic E-state index is 4.48. The van der Waals surface area contributed by atoms with Crippen LogP contribution in [0.5, 0.6) is 0 Å². The van der Waals surface area contributed by atoms with Gasteiger partial charge in [0.15, 0.2) is 5.96 Å². The van der Waals surface area contributed by atoms with Gasteiger partial charge in [0.25, 0.3) is 0 Å². The molecule has 134 valence electrons. The Kier molecular flexibility index (Phi) is 8.04. The molecule has 0 amide bonds. The van der Waals surface area contributed by atoms with Gasteiger partial charge in [-0.05, 0) is 59.2 Å². The highest BCUT2D eigenvalue weighted by Crippen LogP contribution is 2.29. The number of rotatable bonds is 6. The number of hydrogen-bond acceptors (Lipinski definition) is 3. The van der Waals surface area contributed by atoms with Crippen LogP contribution in [0.1, 0.15) is 52.4 Å². The summed E-state index contributed by atoms with van der Waals surface area (Å²) in [7, 11) is 1.91. The second kappa shape index (κ2) is 9.77. The molecule has 0 bridgehead atoms. The Bertz CT molecular complexity index is 364. The molecule has 0 unspecified atom stereocenters. The van der Waals surface area contributed by atoms with Crippen LogP contribution >= 0.6 is 11.8 Å². The van der Waals surface area contributed by atoms with Crippen LogP contribution in [0.2, 0.25) is 0 Å². The van der Waals surface area contributed by atoms with Crippen molar-refractivity contribution in [1.29, 1.82) is 0 Å². The van der Waals surface area contributed by atoms with E-state index in [2.05, 4.69) is 45.7 Å². The Labute approximate surface area is 147 Å². The molecule has 0 spiro atoms. The second-order valence-corrected chi connectivity index (χ2v) is 9.27. The van der Waals surface area contributed by atoms with E-state index >= 15 is 0 Å². The van der Waals surface area contributed by atoms with Crippen molar-refractivity contribution in [2.24, 2.45) is 4.99 Å². The third-order valence-corrected chi connectivity index (χ3v) is 6.12. The number of unbranched alkanes of at least 4 members (excludes halogenated alkanes) is 2. The average molecular weight is 341 g/mol. The summed E-state index contributed by atoms with van der Waals surface area (Å²) in [5.41, 5.74) is 0.